The van der Waals surface area contributed by atoms with Crippen molar-refractivity contribution in [1.82, 2.24) is 20.1 Å². The molecular weight excluding hydrogens is 308 g/mol. The van der Waals surface area contributed by atoms with Crippen LogP contribution in [-0.2, 0) is 13.1 Å². The molecule has 0 amide bonds. The van der Waals surface area contributed by atoms with Gasteiger partial charge in [0.25, 0.3) is 0 Å². The maximum atomic E-state index is 5.26. The van der Waals surface area contributed by atoms with E-state index < -0.39 is 0 Å². The first kappa shape index (κ1) is 15.7. The first-order chi connectivity index (χ1) is 11.3. The van der Waals surface area contributed by atoms with Crippen molar-refractivity contribution < 1.29 is 4.74 Å². The zero-order valence-electron chi connectivity index (χ0n) is 13.1. The molecule has 1 aromatic carbocycles. The Morgan fingerprint density at radius 3 is 3.09 bits per heavy atom. The Bertz CT molecular complexity index is 724. The molecule has 23 heavy (non-hydrogen) atoms. The number of nitrogens with zero attached hydrogens (tertiary/aromatic N) is 3. The Morgan fingerprint density at radius 1 is 1.30 bits per heavy atom. The minimum absolute atomic E-state index is 0.791. The summed E-state index contributed by atoms with van der Waals surface area (Å²) >= 11 is 1.66. The van der Waals surface area contributed by atoms with E-state index in [4.69, 9.17) is 4.74 Å². The zero-order valence-corrected chi connectivity index (χ0v) is 13.9. The minimum atomic E-state index is 0.791. The topological polar surface area (TPSA) is 52.0 Å². The SMILES string of the molecule is COc1cccc(-c2nc(CNCCCn3cccn3)cs2)c1. The third-order valence-electron chi connectivity index (χ3n) is 3.47. The standard InChI is InChI=1S/C17H20N4OS/c1-22-16-6-2-5-14(11-16)17-20-15(13-23-17)12-18-7-3-9-21-10-4-8-19-21/h2,4-6,8,10-11,13,18H,3,7,9,12H2,1H3. The molecule has 6 heteroatoms. The second-order valence-corrected chi connectivity index (χ2v) is 6.03. The summed E-state index contributed by atoms with van der Waals surface area (Å²) in [5.74, 6) is 0.857. The average Bonchev–Trinajstić information content (AvgIpc) is 3.26. The predicted octanol–water partition coefficient (Wildman–Crippen LogP) is 3.20. The molecule has 120 valence electrons. The molecule has 0 saturated carbocycles. The Hall–Kier alpha value is -2.18. The van der Waals surface area contributed by atoms with Crippen LogP contribution in [0.5, 0.6) is 5.75 Å². The van der Waals surface area contributed by atoms with Crippen LogP contribution in [0.1, 0.15) is 12.1 Å². The fourth-order valence-corrected chi connectivity index (χ4v) is 3.11. The van der Waals surface area contributed by atoms with E-state index in [0.717, 1.165) is 48.1 Å². The van der Waals surface area contributed by atoms with E-state index in [1.165, 1.54) is 0 Å². The van der Waals surface area contributed by atoms with Gasteiger partial charge in [0.1, 0.15) is 10.8 Å². The van der Waals surface area contributed by atoms with Crippen LogP contribution < -0.4 is 10.1 Å². The second kappa shape index (κ2) is 7.89. The van der Waals surface area contributed by atoms with Crippen LogP contribution in [0.4, 0.5) is 0 Å². The first-order valence-corrected chi connectivity index (χ1v) is 8.50. The van der Waals surface area contributed by atoms with Gasteiger partial charge < -0.3 is 10.1 Å². The van der Waals surface area contributed by atoms with E-state index in [1.807, 2.05) is 41.3 Å². The van der Waals surface area contributed by atoms with Crippen LogP contribution in [0.15, 0.2) is 48.1 Å². The van der Waals surface area contributed by atoms with Crippen LogP contribution >= 0.6 is 11.3 Å². The number of benzene rings is 1. The first-order valence-electron chi connectivity index (χ1n) is 7.62. The molecule has 5 nitrogen and oxygen atoms in total. The highest BCUT2D eigenvalue weighted by Gasteiger charge is 2.05. The number of hydrogen-bond donors (Lipinski definition) is 1. The number of thiazole rings is 1. The molecular formula is C17H20N4OS. The highest BCUT2D eigenvalue weighted by molar-refractivity contribution is 7.13. The quantitative estimate of drug-likeness (QED) is 0.645. The summed E-state index contributed by atoms with van der Waals surface area (Å²) in [4.78, 5) is 4.69. The van der Waals surface area contributed by atoms with Crippen LogP contribution in [0, 0.1) is 0 Å². The van der Waals surface area contributed by atoms with Gasteiger partial charge in [-0.3, -0.25) is 4.68 Å². The fourth-order valence-electron chi connectivity index (χ4n) is 2.29. The number of methoxy groups -OCH3 is 1. The van der Waals surface area contributed by atoms with Gasteiger partial charge >= 0.3 is 0 Å². The molecule has 3 aromatic rings. The monoisotopic (exact) mass is 328 g/mol. The lowest BCUT2D eigenvalue weighted by Crippen LogP contribution is -2.16. The van der Waals surface area contributed by atoms with Crippen molar-refractivity contribution in [2.75, 3.05) is 13.7 Å². The van der Waals surface area contributed by atoms with E-state index in [9.17, 15) is 0 Å². The summed E-state index contributed by atoms with van der Waals surface area (Å²) in [5, 5.41) is 10.8. The highest BCUT2D eigenvalue weighted by Crippen LogP contribution is 2.26. The van der Waals surface area contributed by atoms with Crippen LogP contribution in [-0.4, -0.2) is 28.4 Å². The predicted molar refractivity (Wildman–Crippen MR) is 92.7 cm³/mol. The van der Waals surface area contributed by atoms with Crippen molar-refractivity contribution in [3.05, 3.63) is 53.8 Å². The Kier molecular flexibility index (Phi) is 5.39. The van der Waals surface area contributed by atoms with Gasteiger partial charge in [0.15, 0.2) is 0 Å². The van der Waals surface area contributed by atoms with Gasteiger partial charge in [-0.2, -0.15) is 5.10 Å². The van der Waals surface area contributed by atoms with Crippen molar-refractivity contribution >= 4 is 11.3 Å². The van der Waals surface area contributed by atoms with Gasteiger partial charge in [0, 0.05) is 36.4 Å². The summed E-state index contributed by atoms with van der Waals surface area (Å²) in [5.41, 5.74) is 2.17. The Balaban J connectivity index is 1.47. The van der Waals surface area contributed by atoms with E-state index in [0.29, 0.717) is 0 Å². The molecule has 0 radical (unpaired) electrons. The maximum Gasteiger partial charge on any atom is 0.123 e. The molecule has 0 saturated heterocycles. The largest absolute Gasteiger partial charge is 0.497 e. The lowest BCUT2D eigenvalue weighted by Gasteiger charge is -2.03. The molecule has 2 heterocycles. The van der Waals surface area contributed by atoms with Crippen molar-refractivity contribution in [1.29, 1.82) is 0 Å². The molecule has 0 aliphatic heterocycles. The summed E-state index contributed by atoms with van der Waals surface area (Å²) in [6.07, 6.45) is 4.85. The van der Waals surface area contributed by atoms with Gasteiger partial charge in [0.2, 0.25) is 0 Å². The van der Waals surface area contributed by atoms with Gasteiger partial charge in [-0.1, -0.05) is 12.1 Å². The van der Waals surface area contributed by atoms with E-state index in [-0.39, 0.29) is 0 Å². The molecule has 0 aliphatic carbocycles. The smallest absolute Gasteiger partial charge is 0.123 e. The van der Waals surface area contributed by atoms with Gasteiger partial charge in [-0.15, -0.1) is 11.3 Å². The molecule has 0 aliphatic rings. The number of nitrogens with one attached hydrogen (secondary N) is 1. The number of hydrogen-bond acceptors (Lipinski definition) is 5. The lowest BCUT2D eigenvalue weighted by atomic mass is 10.2. The molecule has 0 spiro atoms. The number of aromatic nitrogens is 3. The van der Waals surface area contributed by atoms with Gasteiger partial charge in [0.05, 0.1) is 12.8 Å². The van der Waals surface area contributed by atoms with E-state index >= 15 is 0 Å². The van der Waals surface area contributed by atoms with Crippen molar-refractivity contribution in [3.8, 4) is 16.3 Å². The van der Waals surface area contributed by atoms with Crippen LogP contribution in [0.25, 0.3) is 10.6 Å². The number of ether oxygens (including phenoxy) is 1. The Morgan fingerprint density at radius 2 is 2.26 bits per heavy atom. The van der Waals surface area contributed by atoms with Crippen molar-refractivity contribution in [2.24, 2.45) is 0 Å². The summed E-state index contributed by atoms with van der Waals surface area (Å²) < 4.78 is 7.21. The van der Waals surface area contributed by atoms with Crippen molar-refractivity contribution in [3.63, 3.8) is 0 Å². The normalized spacial score (nSPS) is 10.8. The van der Waals surface area contributed by atoms with E-state index in [2.05, 4.69) is 26.8 Å². The number of aryl methyl sites for hydroxylation is 1. The molecule has 0 bridgehead atoms. The molecule has 0 fully saturated rings. The summed E-state index contributed by atoms with van der Waals surface area (Å²) in [7, 11) is 1.68. The summed E-state index contributed by atoms with van der Waals surface area (Å²) in [6, 6.07) is 9.95. The van der Waals surface area contributed by atoms with Gasteiger partial charge in [-0.25, -0.2) is 4.98 Å². The minimum Gasteiger partial charge on any atom is -0.497 e. The second-order valence-electron chi connectivity index (χ2n) is 5.18. The molecule has 0 unspecified atom stereocenters. The van der Waals surface area contributed by atoms with Crippen LogP contribution in [0.3, 0.4) is 0 Å². The Labute approximate surface area is 140 Å². The molecule has 2 aromatic heterocycles. The third-order valence-corrected chi connectivity index (χ3v) is 4.41. The third kappa shape index (κ3) is 4.40. The molecule has 0 atom stereocenters. The maximum absolute atomic E-state index is 5.26. The van der Waals surface area contributed by atoms with Crippen LogP contribution in [0.2, 0.25) is 0 Å². The number of rotatable bonds is 8. The zero-order chi connectivity index (χ0) is 15.9. The van der Waals surface area contributed by atoms with Crippen molar-refractivity contribution in [2.45, 2.75) is 19.5 Å². The molecule has 1 N–H and O–H groups in total. The average molecular weight is 328 g/mol. The van der Waals surface area contributed by atoms with Gasteiger partial charge in [-0.05, 0) is 31.2 Å². The summed E-state index contributed by atoms with van der Waals surface area (Å²) in [6.45, 7) is 2.68. The lowest BCUT2D eigenvalue weighted by molar-refractivity contribution is 0.415. The highest BCUT2D eigenvalue weighted by atomic mass is 32.1. The fraction of sp³-hybridized carbons (Fsp3) is 0.294. The van der Waals surface area contributed by atoms with E-state index in [1.54, 1.807) is 18.4 Å². The molecule has 3 rings (SSSR count).